The van der Waals surface area contributed by atoms with E-state index >= 15 is 0 Å². The normalized spacial score (nSPS) is 31.7. The monoisotopic (exact) mass is 372 g/mol. The van der Waals surface area contributed by atoms with Crippen LogP contribution in [-0.2, 0) is 4.79 Å². The van der Waals surface area contributed by atoms with E-state index < -0.39 is 0 Å². The van der Waals surface area contributed by atoms with Crippen LogP contribution in [0.4, 0.5) is 5.69 Å². The second-order valence-electron chi connectivity index (χ2n) is 8.80. The third-order valence-electron chi connectivity index (χ3n) is 6.21. The van der Waals surface area contributed by atoms with Crippen LogP contribution in [0.25, 0.3) is 0 Å². The molecule has 1 aromatic rings. The van der Waals surface area contributed by atoms with E-state index in [1.807, 2.05) is 38.1 Å². The van der Waals surface area contributed by atoms with Crippen LogP contribution in [0.5, 0.6) is 5.75 Å². The van der Waals surface area contributed by atoms with Gasteiger partial charge in [-0.25, -0.2) is 0 Å². The van der Waals surface area contributed by atoms with Crippen molar-refractivity contribution in [2.75, 3.05) is 5.32 Å². The standard InChI is InChI=1S/C21H28N2O2S/c1-13(2)25-18-5-3-4-17(9-18)22-20(26)23-19(24)21-10-14-6-15(11-21)8-16(7-14)12-21/h3-5,9,13-16H,6-8,10-12H2,1-2H3,(H2,22,23,24,26). The molecule has 0 spiro atoms. The molecule has 4 aliphatic rings. The van der Waals surface area contributed by atoms with Gasteiger partial charge in [-0.2, -0.15) is 0 Å². The van der Waals surface area contributed by atoms with Gasteiger partial charge in [-0.15, -0.1) is 0 Å². The first kappa shape index (κ1) is 17.8. The Morgan fingerprint density at radius 3 is 2.35 bits per heavy atom. The molecule has 4 bridgehead atoms. The third-order valence-corrected chi connectivity index (χ3v) is 6.41. The summed E-state index contributed by atoms with van der Waals surface area (Å²) in [5.74, 6) is 3.17. The topological polar surface area (TPSA) is 50.4 Å². The van der Waals surface area contributed by atoms with Gasteiger partial charge in [0.15, 0.2) is 5.11 Å². The molecule has 0 aromatic heterocycles. The number of amides is 1. The van der Waals surface area contributed by atoms with Crippen molar-refractivity contribution < 1.29 is 9.53 Å². The minimum absolute atomic E-state index is 0.119. The van der Waals surface area contributed by atoms with E-state index in [2.05, 4.69) is 10.6 Å². The zero-order valence-corrected chi connectivity index (χ0v) is 16.4. The van der Waals surface area contributed by atoms with E-state index in [4.69, 9.17) is 17.0 Å². The number of thiocarbonyl (C=S) groups is 1. The SMILES string of the molecule is CC(C)Oc1cccc(NC(=S)NC(=O)C23CC4CC(CC(C4)C2)C3)c1. The molecule has 4 saturated carbocycles. The summed E-state index contributed by atoms with van der Waals surface area (Å²) in [6.07, 6.45) is 7.25. The van der Waals surface area contributed by atoms with Crippen molar-refractivity contribution >= 4 is 28.9 Å². The molecule has 1 aromatic carbocycles. The Hall–Kier alpha value is -1.62. The molecular weight excluding hydrogens is 344 g/mol. The minimum atomic E-state index is -0.177. The summed E-state index contributed by atoms with van der Waals surface area (Å²) < 4.78 is 5.71. The number of hydrogen-bond acceptors (Lipinski definition) is 3. The van der Waals surface area contributed by atoms with Crippen LogP contribution in [0.15, 0.2) is 24.3 Å². The molecule has 4 aliphatic carbocycles. The van der Waals surface area contributed by atoms with E-state index in [-0.39, 0.29) is 17.4 Å². The van der Waals surface area contributed by atoms with Crippen LogP contribution in [0.3, 0.4) is 0 Å². The van der Waals surface area contributed by atoms with E-state index in [1.165, 1.54) is 19.3 Å². The molecule has 0 unspecified atom stereocenters. The fraction of sp³-hybridized carbons (Fsp3) is 0.619. The molecule has 0 heterocycles. The number of carbonyl (C=O) groups is 1. The first-order chi connectivity index (χ1) is 12.4. The van der Waals surface area contributed by atoms with E-state index in [1.54, 1.807) is 0 Å². The Bertz CT molecular complexity index is 680. The van der Waals surface area contributed by atoms with Gasteiger partial charge in [0.1, 0.15) is 5.75 Å². The van der Waals surface area contributed by atoms with Gasteiger partial charge in [0.25, 0.3) is 0 Å². The Labute approximate surface area is 161 Å². The Morgan fingerprint density at radius 2 is 1.77 bits per heavy atom. The van der Waals surface area contributed by atoms with Gasteiger partial charge >= 0.3 is 0 Å². The number of nitrogens with one attached hydrogen (secondary N) is 2. The van der Waals surface area contributed by atoms with Crippen LogP contribution in [0.2, 0.25) is 0 Å². The molecule has 0 aliphatic heterocycles. The largest absolute Gasteiger partial charge is 0.491 e. The highest BCUT2D eigenvalue weighted by Crippen LogP contribution is 2.60. The van der Waals surface area contributed by atoms with E-state index in [0.29, 0.717) is 5.11 Å². The average molecular weight is 373 g/mol. The summed E-state index contributed by atoms with van der Waals surface area (Å²) in [5, 5.41) is 6.51. The lowest BCUT2D eigenvalue weighted by atomic mass is 9.49. The van der Waals surface area contributed by atoms with Crippen molar-refractivity contribution in [1.29, 1.82) is 0 Å². The Morgan fingerprint density at radius 1 is 1.15 bits per heavy atom. The molecule has 0 radical (unpaired) electrons. The van der Waals surface area contributed by atoms with Gasteiger partial charge in [0.2, 0.25) is 5.91 Å². The van der Waals surface area contributed by atoms with Gasteiger partial charge in [0, 0.05) is 11.8 Å². The van der Waals surface area contributed by atoms with Crippen molar-refractivity contribution in [2.45, 2.75) is 58.5 Å². The first-order valence-corrected chi connectivity index (χ1v) is 10.2. The molecule has 26 heavy (non-hydrogen) atoms. The van der Waals surface area contributed by atoms with E-state index in [9.17, 15) is 4.79 Å². The van der Waals surface area contributed by atoms with Crippen molar-refractivity contribution in [3.63, 3.8) is 0 Å². The second kappa shape index (κ2) is 6.84. The van der Waals surface area contributed by atoms with Crippen LogP contribution in [0, 0.1) is 23.2 Å². The number of benzene rings is 1. The molecule has 4 nitrogen and oxygen atoms in total. The highest BCUT2D eigenvalue weighted by atomic mass is 32.1. The molecule has 0 saturated heterocycles. The lowest BCUT2D eigenvalue weighted by Crippen LogP contribution is -2.55. The van der Waals surface area contributed by atoms with Gasteiger partial charge < -0.3 is 15.4 Å². The van der Waals surface area contributed by atoms with Crippen molar-refractivity contribution in [3.05, 3.63) is 24.3 Å². The molecule has 140 valence electrons. The molecule has 5 rings (SSSR count). The van der Waals surface area contributed by atoms with Crippen molar-refractivity contribution in [3.8, 4) is 5.75 Å². The minimum Gasteiger partial charge on any atom is -0.491 e. The number of rotatable bonds is 4. The molecule has 1 amide bonds. The van der Waals surface area contributed by atoms with Gasteiger partial charge in [0.05, 0.1) is 11.5 Å². The molecule has 5 heteroatoms. The maximum absolute atomic E-state index is 13.0. The van der Waals surface area contributed by atoms with Crippen molar-refractivity contribution in [1.82, 2.24) is 5.32 Å². The van der Waals surface area contributed by atoms with Crippen LogP contribution >= 0.6 is 12.2 Å². The van der Waals surface area contributed by atoms with Gasteiger partial charge in [-0.1, -0.05) is 6.07 Å². The zero-order valence-electron chi connectivity index (χ0n) is 15.6. The zero-order chi connectivity index (χ0) is 18.3. The molecule has 0 atom stereocenters. The Kier molecular flexibility index (Phi) is 4.68. The smallest absolute Gasteiger partial charge is 0.232 e. The maximum atomic E-state index is 13.0. The quantitative estimate of drug-likeness (QED) is 0.764. The van der Waals surface area contributed by atoms with Gasteiger partial charge in [-0.3, -0.25) is 4.79 Å². The summed E-state index contributed by atoms with van der Waals surface area (Å²) in [6.45, 7) is 3.99. The van der Waals surface area contributed by atoms with E-state index in [0.717, 1.165) is 48.5 Å². The lowest BCUT2D eigenvalue weighted by Gasteiger charge is -2.55. The summed E-state index contributed by atoms with van der Waals surface area (Å²) in [5.41, 5.74) is 0.655. The van der Waals surface area contributed by atoms with Crippen LogP contribution < -0.4 is 15.4 Å². The molecule has 2 N–H and O–H groups in total. The van der Waals surface area contributed by atoms with Crippen molar-refractivity contribution in [2.24, 2.45) is 23.2 Å². The predicted octanol–water partition coefficient (Wildman–Crippen LogP) is 4.50. The Balaban J connectivity index is 1.38. The number of hydrogen-bond donors (Lipinski definition) is 2. The van der Waals surface area contributed by atoms with Crippen LogP contribution in [-0.4, -0.2) is 17.1 Å². The molecule has 4 fully saturated rings. The summed E-state index contributed by atoms with van der Waals surface area (Å²) in [6, 6.07) is 7.67. The predicted molar refractivity (Wildman–Crippen MR) is 107 cm³/mol. The lowest BCUT2D eigenvalue weighted by molar-refractivity contribution is -0.144. The highest BCUT2D eigenvalue weighted by Gasteiger charge is 2.54. The number of carbonyl (C=O) groups excluding carboxylic acids is 1. The maximum Gasteiger partial charge on any atom is 0.232 e. The summed E-state index contributed by atoms with van der Waals surface area (Å²) >= 11 is 5.41. The average Bonchev–Trinajstić information content (AvgIpc) is 2.53. The third kappa shape index (κ3) is 3.59. The number of ether oxygens (including phenoxy) is 1. The van der Waals surface area contributed by atoms with Crippen LogP contribution in [0.1, 0.15) is 52.4 Å². The number of anilines is 1. The fourth-order valence-electron chi connectivity index (χ4n) is 5.71. The van der Waals surface area contributed by atoms with Gasteiger partial charge in [-0.05, 0) is 94.5 Å². The highest BCUT2D eigenvalue weighted by molar-refractivity contribution is 7.80. The molecular formula is C21H28N2O2S. The summed E-state index contributed by atoms with van der Waals surface area (Å²) in [7, 11) is 0. The first-order valence-electron chi connectivity index (χ1n) is 9.81. The summed E-state index contributed by atoms with van der Waals surface area (Å²) in [4.78, 5) is 13.0. The second-order valence-corrected chi connectivity index (χ2v) is 9.21. The fourth-order valence-corrected chi connectivity index (χ4v) is 5.92.